The van der Waals surface area contributed by atoms with Gasteiger partial charge in [-0.2, -0.15) is 0 Å². The van der Waals surface area contributed by atoms with Crippen molar-refractivity contribution in [3.8, 4) is 5.69 Å². The zero-order valence-corrected chi connectivity index (χ0v) is 13.1. The van der Waals surface area contributed by atoms with Crippen LogP contribution in [-0.4, -0.2) is 45.3 Å². The molecule has 2 N–H and O–H groups in total. The zero-order valence-electron chi connectivity index (χ0n) is 13.1. The molecule has 6 heteroatoms. The van der Waals surface area contributed by atoms with E-state index in [0.717, 1.165) is 24.1 Å². The van der Waals surface area contributed by atoms with E-state index in [2.05, 4.69) is 10.3 Å². The predicted molar refractivity (Wildman–Crippen MR) is 87.2 cm³/mol. The SMILES string of the molecule is O=C(NCc1ccccc1-n1ccnc1)N1CCC(CO)CC1. The van der Waals surface area contributed by atoms with Crippen LogP contribution in [0.1, 0.15) is 18.4 Å². The molecule has 1 aromatic heterocycles. The molecule has 6 nitrogen and oxygen atoms in total. The molecule has 2 heterocycles. The number of likely N-dealkylation sites (tertiary alicyclic amines) is 1. The Labute approximate surface area is 135 Å². The third kappa shape index (κ3) is 3.71. The molecular formula is C17H22N4O2. The van der Waals surface area contributed by atoms with E-state index in [1.807, 2.05) is 39.9 Å². The van der Waals surface area contributed by atoms with Gasteiger partial charge < -0.3 is 19.9 Å². The molecule has 3 rings (SSSR count). The smallest absolute Gasteiger partial charge is 0.317 e. The van der Waals surface area contributed by atoms with Gasteiger partial charge in [-0.15, -0.1) is 0 Å². The second-order valence-electron chi connectivity index (χ2n) is 5.87. The van der Waals surface area contributed by atoms with E-state index in [0.29, 0.717) is 25.6 Å². The van der Waals surface area contributed by atoms with Gasteiger partial charge in [-0.05, 0) is 30.4 Å². The first-order valence-electron chi connectivity index (χ1n) is 7.98. The largest absolute Gasteiger partial charge is 0.396 e. The number of amides is 2. The van der Waals surface area contributed by atoms with Gasteiger partial charge in [-0.3, -0.25) is 0 Å². The first kappa shape index (κ1) is 15.6. The van der Waals surface area contributed by atoms with E-state index >= 15 is 0 Å². The summed E-state index contributed by atoms with van der Waals surface area (Å²) in [4.78, 5) is 18.2. The van der Waals surface area contributed by atoms with Crippen molar-refractivity contribution in [3.05, 3.63) is 48.5 Å². The standard InChI is InChI=1S/C17H22N4O2/c22-12-14-5-8-20(9-6-14)17(23)19-11-15-3-1-2-4-16(15)21-10-7-18-13-21/h1-4,7,10,13-14,22H,5-6,8-9,11-12H2,(H,19,23). The van der Waals surface area contributed by atoms with Crippen LogP contribution in [-0.2, 0) is 6.54 Å². The van der Waals surface area contributed by atoms with Crippen LogP contribution in [0.25, 0.3) is 5.69 Å². The Morgan fingerprint density at radius 2 is 2.09 bits per heavy atom. The van der Waals surface area contributed by atoms with Gasteiger partial charge in [0.25, 0.3) is 0 Å². The number of aliphatic hydroxyl groups excluding tert-OH is 1. The van der Waals surface area contributed by atoms with Crippen LogP contribution < -0.4 is 5.32 Å². The first-order valence-corrected chi connectivity index (χ1v) is 7.98. The Hall–Kier alpha value is -2.34. The van der Waals surface area contributed by atoms with Gasteiger partial charge in [-0.25, -0.2) is 9.78 Å². The van der Waals surface area contributed by atoms with Crippen molar-refractivity contribution in [1.82, 2.24) is 19.8 Å². The number of nitrogens with one attached hydrogen (secondary N) is 1. The number of aromatic nitrogens is 2. The van der Waals surface area contributed by atoms with Crippen molar-refractivity contribution in [2.24, 2.45) is 5.92 Å². The summed E-state index contributed by atoms with van der Waals surface area (Å²) in [6.07, 6.45) is 7.12. The number of aliphatic hydroxyl groups is 1. The van der Waals surface area contributed by atoms with E-state index in [1.165, 1.54) is 0 Å². The van der Waals surface area contributed by atoms with Gasteiger partial charge in [-0.1, -0.05) is 18.2 Å². The number of carbonyl (C=O) groups is 1. The summed E-state index contributed by atoms with van der Waals surface area (Å²) in [6.45, 7) is 2.11. The maximum atomic E-state index is 12.3. The number of rotatable bonds is 4. The van der Waals surface area contributed by atoms with Crippen molar-refractivity contribution < 1.29 is 9.90 Å². The van der Waals surface area contributed by atoms with Crippen molar-refractivity contribution >= 4 is 6.03 Å². The second-order valence-corrected chi connectivity index (χ2v) is 5.87. The summed E-state index contributed by atoms with van der Waals surface area (Å²) >= 11 is 0. The molecule has 0 radical (unpaired) electrons. The first-order chi connectivity index (χ1) is 11.3. The molecule has 1 fully saturated rings. The normalized spacial score (nSPS) is 15.6. The zero-order chi connectivity index (χ0) is 16.1. The van der Waals surface area contributed by atoms with E-state index in [1.54, 1.807) is 12.5 Å². The molecule has 0 saturated carbocycles. The molecule has 1 aliphatic rings. The number of piperidine rings is 1. The minimum atomic E-state index is -0.0400. The van der Waals surface area contributed by atoms with Gasteiger partial charge in [0, 0.05) is 38.6 Å². The summed E-state index contributed by atoms with van der Waals surface area (Å²) in [5.74, 6) is 0.334. The third-order valence-electron chi connectivity index (χ3n) is 4.36. The average Bonchev–Trinajstić information content (AvgIpc) is 3.14. The van der Waals surface area contributed by atoms with Crippen LogP contribution >= 0.6 is 0 Å². The highest BCUT2D eigenvalue weighted by molar-refractivity contribution is 5.74. The number of imidazole rings is 1. The number of para-hydroxylation sites is 1. The molecule has 2 aromatic rings. The van der Waals surface area contributed by atoms with Gasteiger partial charge in [0.15, 0.2) is 0 Å². The Balaban J connectivity index is 1.60. The van der Waals surface area contributed by atoms with E-state index in [4.69, 9.17) is 5.11 Å². The summed E-state index contributed by atoms with van der Waals surface area (Å²) in [5, 5.41) is 12.2. The molecule has 0 unspecified atom stereocenters. The van der Waals surface area contributed by atoms with Crippen LogP contribution in [0.2, 0.25) is 0 Å². The fraction of sp³-hybridized carbons (Fsp3) is 0.412. The van der Waals surface area contributed by atoms with Crippen LogP contribution in [0.4, 0.5) is 4.79 Å². The van der Waals surface area contributed by atoms with Gasteiger partial charge in [0.05, 0.1) is 12.0 Å². The summed E-state index contributed by atoms with van der Waals surface area (Å²) < 4.78 is 1.94. The average molecular weight is 314 g/mol. The molecular weight excluding hydrogens is 292 g/mol. The monoisotopic (exact) mass is 314 g/mol. The number of nitrogens with zero attached hydrogens (tertiary/aromatic N) is 3. The highest BCUT2D eigenvalue weighted by Crippen LogP contribution is 2.17. The van der Waals surface area contributed by atoms with Crippen molar-refractivity contribution in [2.45, 2.75) is 19.4 Å². The molecule has 1 saturated heterocycles. The fourth-order valence-corrected chi connectivity index (χ4v) is 2.92. The fourth-order valence-electron chi connectivity index (χ4n) is 2.92. The lowest BCUT2D eigenvalue weighted by molar-refractivity contribution is 0.137. The second kappa shape index (κ2) is 7.28. The van der Waals surface area contributed by atoms with Gasteiger partial charge in [0.2, 0.25) is 0 Å². The van der Waals surface area contributed by atoms with E-state index < -0.39 is 0 Å². The van der Waals surface area contributed by atoms with Crippen LogP contribution in [0.5, 0.6) is 0 Å². The third-order valence-corrected chi connectivity index (χ3v) is 4.36. The number of urea groups is 1. The number of benzene rings is 1. The number of carbonyl (C=O) groups excluding carboxylic acids is 1. The lowest BCUT2D eigenvalue weighted by atomic mass is 9.98. The van der Waals surface area contributed by atoms with Gasteiger partial charge >= 0.3 is 6.03 Å². The molecule has 0 spiro atoms. The highest BCUT2D eigenvalue weighted by Gasteiger charge is 2.22. The van der Waals surface area contributed by atoms with Crippen LogP contribution in [0.15, 0.2) is 43.0 Å². The molecule has 0 atom stereocenters. The maximum Gasteiger partial charge on any atom is 0.317 e. The van der Waals surface area contributed by atoms with Crippen molar-refractivity contribution in [1.29, 1.82) is 0 Å². The Morgan fingerprint density at radius 1 is 1.30 bits per heavy atom. The van der Waals surface area contributed by atoms with Crippen LogP contribution in [0, 0.1) is 5.92 Å². The molecule has 0 aliphatic carbocycles. The maximum absolute atomic E-state index is 12.3. The minimum Gasteiger partial charge on any atom is -0.396 e. The molecule has 23 heavy (non-hydrogen) atoms. The molecule has 122 valence electrons. The number of hydrogen-bond acceptors (Lipinski definition) is 3. The highest BCUT2D eigenvalue weighted by atomic mass is 16.3. The van der Waals surface area contributed by atoms with Crippen molar-refractivity contribution in [3.63, 3.8) is 0 Å². The molecule has 1 aliphatic heterocycles. The quantitative estimate of drug-likeness (QED) is 0.904. The topological polar surface area (TPSA) is 70.4 Å². The number of hydrogen-bond donors (Lipinski definition) is 2. The minimum absolute atomic E-state index is 0.0400. The summed E-state index contributed by atoms with van der Waals surface area (Å²) in [5.41, 5.74) is 2.06. The molecule has 2 amide bonds. The van der Waals surface area contributed by atoms with Crippen molar-refractivity contribution in [2.75, 3.05) is 19.7 Å². The van der Waals surface area contributed by atoms with E-state index in [-0.39, 0.29) is 12.6 Å². The van der Waals surface area contributed by atoms with Crippen LogP contribution in [0.3, 0.4) is 0 Å². The Kier molecular flexibility index (Phi) is 4.92. The Bertz CT molecular complexity index is 634. The Morgan fingerprint density at radius 3 is 2.78 bits per heavy atom. The predicted octanol–water partition coefficient (Wildman–Crippen LogP) is 1.79. The summed E-state index contributed by atoms with van der Waals surface area (Å²) in [6, 6.07) is 7.92. The lowest BCUT2D eigenvalue weighted by Gasteiger charge is -2.31. The molecule has 1 aromatic carbocycles. The van der Waals surface area contributed by atoms with E-state index in [9.17, 15) is 4.79 Å². The molecule has 0 bridgehead atoms. The lowest BCUT2D eigenvalue weighted by Crippen LogP contribution is -2.44. The van der Waals surface area contributed by atoms with Gasteiger partial charge in [0.1, 0.15) is 0 Å². The summed E-state index contributed by atoms with van der Waals surface area (Å²) in [7, 11) is 0.